The Labute approximate surface area is 171 Å². The van der Waals surface area contributed by atoms with Gasteiger partial charge in [-0.1, -0.05) is 15.9 Å². The van der Waals surface area contributed by atoms with Crippen molar-refractivity contribution in [3.05, 3.63) is 37.8 Å². The number of hydrogen-bond donors (Lipinski definition) is 4. The zero-order valence-electron chi connectivity index (χ0n) is 13.8. The Bertz CT molecular complexity index is 1050. The Hall–Kier alpha value is -3.02. The molecule has 0 saturated heterocycles. The molecule has 0 fully saturated rings. The van der Waals surface area contributed by atoms with Crippen LogP contribution in [0.4, 0.5) is 17.3 Å². The molecular weight excluding hydrogens is 480 g/mol. The van der Waals surface area contributed by atoms with E-state index in [1.807, 2.05) is 18.3 Å². The lowest BCUT2D eigenvalue weighted by Crippen LogP contribution is -2.32. The van der Waals surface area contributed by atoms with Crippen molar-refractivity contribution in [1.29, 1.82) is 10.5 Å². The third-order valence-corrected chi connectivity index (χ3v) is 5.23. The van der Waals surface area contributed by atoms with E-state index in [1.165, 1.54) is 0 Å². The van der Waals surface area contributed by atoms with E-state index < -0.39 is 6.04 Å². The molecule has 11 heteroatoms. The first-order valence-corrected chi connectivity index (χ1v) is 9.01. The molecule has 2 heterocycles. The Balaban J connectivity index is 2.30. The van der Waals surface area contributed by atoms with Crippen LogP contribution in [0.25, 0.3) is 0 Å². The van der Waals surface area contributed by atoms with E-state index in [2.05, 4.69) is 52.5 Å². The molecule has 0 amide bonds. The number of methoxy groups -OCH3 is 1. The van der Waals surface area contributed by atoms with Gasteiger partial charge in [0.2, 0.25) is 5.96 Å². The molecule has 3 rings (SSSR count). The predicted molar refractivity (Wildman–Crippen MR) is 108 cm³/mol. The maximum atomic E-state index is 9.37. The van der Waals surface area contributed by atoms with Gasteiger partial charge < -0.3 is 21.5 Å². The molecule has 0 spiro atoms. The van der Waals surface area contributed by atoms with Crippen LogP contribution < -0.4 is 26.8 Å². The number of hydrogen-bond acceptors (Lipinski definition) is 9. The maximum absolute atomic E-state index is 9.37. The quantitative estimate of drug-likeness (QED) is 0.368. The second kappa shape index (κ2) is 7.31. The van der Waals surface area contributed by atoms with E-state index in [1.54, 1.807) is 13.2 Å². The molecule has 0 bridgehead atoms. The van der Waals surface area contributed by atoms with Gasteiger partial charge in [0.05, 0.1) is 17.3 Å². The third-order valence-electron chi connectivity index (χ3n) is 3.92. The second-order valence-electron chi connectivity index (χ2n) is 5.41. The standard InChI is InChI=1S/C16H12Br2N8O/c1-27-10-2-6(8(17)3-9(10)18)13-11-12(21)7(4-19)14(22)25-15(11)26-16(24-13)23-5-20/h2-3,13H,1H3,(H6,21,22,23,24,25,26). The minimum atomic E-state index is -0.659. The lowest BCUT2D eigenvalue weighted by Gasteiger charge is -2.27. The summed E-state index contributed by atoms with van der Waals surface area (Å²) in [5.41, 5.74) is 13.5. The summed E-state index contributed by atoms with van der Waals surface area (Å²) < 4.78 is 6.84. The normalized spacial score (nSPS) is 14.9. The van der Waals surface area contributed by atoms with Crippen LogP contribution in [-0.4, -0.2) is 18.1 Å². The number of aliphatic imine (C=N–C) groups is 1. The van der Waals surface area contributed by atoms with Crippen molar-refractivity contribution in [1.82, 2.24) is 10.3 Å². The first-order valence-electron chi connectivity index (χ1n) is 7.43. The summed E-state index contributed by atoms with van der Waals surface area (Å²) in [6, 6.07) is 4.90. The highest BCUT2D eigenvalue weighted by Gasteiger charge is 2.31. The van der Waals surface area contributed by atoms with Crippen LogP contribution in [0.5, 0.6) is 5.75 Å². The van der Waals surface area contributed by atoms with Crippen molar-refractivity contribution in [2.75, 3.05) is 23.9 Å². The molecule has 6 N–H and O–H groups in total. The number of nitrogens with zero attached hydrogens (tertiary/aromatic N) is 4. The number of guanidine groups is 1. The van der Waals surface area contributed by atoms with E-state index in [-0.39, 0.29) is 23.0 Å². The summed E-state index contributed by atoms with van der Waals surface area (Å²) in [6.07, 6.45) is 1.81. The van der Waals surface area contributed by atoms with Gasteiger partial charge in [0.15, 0.2) is 6.19 Å². The van der Waals surface area contributed by atoms with Crippen molar-refractivity contribution < 1.29 is 4.74 Å². The molecule has 1 aliphatic heterocycles. The molecule has 1 aromatic carbocycles. The lowest BCUT2D eigenvalue weighted by atomic mass is 9.95. The van der Waals surface area contributed by atoms with Crippen LogP contribution in [0.1, 0.15) is 22.7 Å². The smallest absolute Gasteiger partial charge is 0.211 e. The van der Waals surface area contributed by atoms with Gasteiger partial charge in [-0.15, -0.1) is 0 Å². The zero-order chi connectivity index (χ0) is 19.7. The second-order valence-corrected chi connectivity index (χ2v) is 7.12. The third kappa shape index (κ3) is 3.23. The Kier molecular flexibility index (Phi) is 5.08. The van der Waals surface area contributed by atoms with Gasteiger partial charge in [0.1, 0.15) is 35.1 Å². The van der Waals surface area contributed by atoms with Gasteiger partial charge in [0, 0.05) is 10.0 Å². The number of ether oxygens (including phenoxy) is 1. The fraction of sp³-hybridized carbons (Fsp3) is 0.125. The van der Waals surface area contributed by atoms with Gasteiger partial charge in [-0.2, -0.15) is 10.5 Å². The van der Waals surface area contributed by atoms with Gasteiger partial charge in [0.25, 0.3) is 0 Å². The van der Waals surface area contributed by atoms with E-state index >= 15 is 0 Å². The molecule has 136 valence electrons. The molecule has 1 atom stereocenters. The molecule has 1 aromatic heterocycles. The maximum Gasteiger partial charge on any atom is 0.211 e. The minimum Gasteiger partial charge on any atom is -0.496 e. The van der Waals surface area contributed by atoms with Crippen LogP contribution in [0.3, 0.4) is 0 Å². The van der Waals surface area contributed by atoms with Crippen LogP contribution in [0.2, 0.25) is 0 Å². The van der Waals surface area contributed by atoms with Crippen LogP contribution >= 0.6 is 31.9 Å². The molecule has 0 radical (unpaired) electrons. The highest BCUT2D eigenvalue weighted by molar-refractivity contribution is 9.11. The van der Waals surface area contributed by atoms with Crippen LogP contribution in [0, 0.1) is 22.8 Å². The highest BCUT2D eigenvalue weighted by atomic mass is 79.9. The molecule has 0 aliphatic carbocycles. The number of halogens is 2. The van der Waals surface area contributed by atoms with Crippen molar-refractivity contribution in [3.8, 4) is 18.0 Å². The number of nitrogens with one attached hydrogen (secondary N) is 2. The van der Waals surface area contributed by atoms with Gasteiger partial charge in [-0.3, -0.25) is 5.32 Å². The number of nitriles is 2. The topological polar surface area (TPSA) is 158 Å². The largest absolute Gasteiger partial charge is 0.496 e. The monoisotopic (exact) mass is 490 g/mol. The number of fused-ring (bicyclic) bond motifs is 1. The summed E-state index contributed by atoms with van der Waals surface area (Å²) >= 11 is 6.95. The van der Waals surface area contributed by atoms with E-state index in [0.717, 1.165) is 8.95 Å². The summed E-state index contributed by atoms with van der Waals surface area (Å²) in [7, 11) is 1.55. The van der Waals surface area contributed by atoms with Crippen molar-refractivity contribution in [2.45, 2.75) is 6.04 Å². The van der Waals surface area contributed by atoms with Crippen LogP contribution in [0.15, 0.2) is 26.1 Å². The number of nitrogen functional groups attached to an aromatic ring is 2. The molecule has 1 aliphatic rings. The summed E-state index contributed by atoms with van der Waals surface area (Å²) in [4.78, 5) is 8.74. The fourth-order valence-electron chi connectivity index (χ4n) is 2.72. The average Bonchev–Trinajstić information content (AvgIpc) is 2.61. The van der Waals surface area contributed by atoms with Gasteiger partial charge in [-0.25, -0.2) is 9.98 Å². The first kappa shape index (κ1) is 18.8. The van der Waals surface area contributed by atoms with Gasteiger partial charge in [-0.05, 0) is 33.6 Å². The average molecular weight is 492 g/mol. The van der Waals surface area contributed by atoms with E-state index in [0.29, 0.717) is 22.7 Å². The SMILES string of the molecule is COc1cc(C2N=C(NC#N)Nc3nc(N)c(C#N)c(N)c32)c(Br)cc1Br. The molecule has 9 nitrogen and oxygen atoms in total. The molecular formula is C16H12Br2N8O. The molecule has 2 aromatic rings. The van der Waals surface area contributed by atoms with E-state index in [9.17, 15) is 5.26 Å². The molecule has 27 heavy (non-hydrogen) atoms. The number of aromatic nitrogens is 1. The number of pyridine rings is 1. The van der Waals surface area contributed by atoms with Gasteiger partial charge >= 0.3 is 0 Å². The van der Waals surface area contributed by atoms with Crippen molar-refractivity contribution >= 4 is 55.1 Å². The van der Waals surface area contributed by atoms with E-state index in [4.69, 9.17) is 21.5 Å². The summed E-state index contributed by atoms with van der Waals surface area (Å²) in [5.74, 6) is 1.07. The molecule has 0 saturated carbocycles. The lowest BCUT2D eigenvalue weighted by molar-refractivity contribution is 0.411. The molecule has 1 unspecified atom stereocenters. The minimum absolute atomic E-state index is 0.00865. The Morgan fingerprint density at radius 1 is 1.26 bits per heavy atom. The Morgan fingerprint density at radius 3 is 2.63 bits per heavy atom. The zero-order valence-corrected chi connectivity index (χ0v) is 17.0. The first-order chi connectivity index (χ1) is 12.9. The number of nitrogens with two attached hydrogens (primary N) is 2. The van der Waals surface area contributed by atoms with Crippen molar-refractivity contribution in [2.24, 2.45) is 4.99 Å². The summed E-state index contributed by atoms with van der Waals surface area (Å²) in [6.45, 7) is 0. The number of anilines is 3. The summed E-state index contributed by atoms with van der Waals surface area (Å²) in [5, 5.41) is 23.7. The van der Waals surface area contributed by atoms with Crippen molar-refractivity contribution in [3.63, 3.8) is 0 Å². The fourth-order valence-corrected chi connectivity index (χ4v) is 4.09. The number of rotatable bonds is 2. The highest BCUT2D eigenvalue weighted by Crippen LogP contribution is 2.44. The number of benzene rings is 1. The van der Waals surface area contributed by atoms with Crippen LogP contribution in [-0.2, 0) is 0 Å². The Morgan fingerprint density at radius 2 is 2.00 bits per heavy atom. The predicted octanol–water partition coefficient (Wildman–Crippen LogP) is 2.59.